The van der Waals surface area contributed by atoms with Gasteiger partial charge in [-0.3, -0.25) is 0 Å². The summed E-state index contributed by atoms with van der Waals surface area (Å²) in [5.41, 5.74) is 4.32. The maximum Gasteiger partial charge on any atom is 0.238 e. The van der Waals surface area contributed by atoms with Crippen molar-refractivity contribution in [2.75, 3.05) is 11.9 Å². The highest BCUT2D eigenvalue weighted by atomic mass is 32.2. The van der Waals surface area contributed by atoms with Crippen LogP contribution in [0.1, 0.15) is 16.7 Å². The number of aryl methyl sites for hydroxylation is 2. The first kappa shape index (κ1) is 18.4. The quantitative estimate of drug-likeness (QED) is 0.711. The van der Waals surface area contributed by atoms with Gasteiger partial charge in [-0.1, -0.05) is 18.2 Å². The molecule has 0 aliphatic rings. The number of nitrogens with two attached hydrogens (primary N) is 1. The molecule has 0 radical (unpaired) electrons. The smallest absolute Gasteiger partial charge is 0.238 e. The Kier molecular flexibility index (Phi) is 5.93. The van der Waals surface area contributed by atoms with Crippen LogP contribution < -0.4 is 15.8 Å². The van der Waals surface area contributed by atoms with Crippen LogP contribution >= 0.6 is 12.2 Å². The zero-order valence-electron chi connectivity index (χ0n) is 13.7. The van der Waals surface area contributed by atoms with E-state index in [1.165, 1.54) is 23.3 Å². The first-order valence-electron chi connectivity index (χ1n) is 7.49. The van der Waals surface area contributed by atoms with E-state index >= 15 is 0 Å². The molecule has 7 heteroatoms. The number of hydrogen-bond acceptors (Lipinski definition) is 3. The Labute approximate surface area is 148 Å². The third-order valence-electron chi connectivity index (χ3n) is 3.43. The van der Waals surface area contributed by atoms with Crippen LogP contribution in [0, 0.1) is 13.8 Å². The number of hydrogen-bond donors (Lipinski definition) is 3. The van der Waals surface area contributed by atoms with Gasteiger partial charge in [0.2, 0.25) is 10.0 Å². The molecule has 0 saturated carbocycles. The number of nitrogens with one attached hydrogen (secondary N) is 2. The molecule has 0 atom stereocenters. The second-order valence-corrected chi connectivity index (χ2v) is 7.67. The SMILES string of the molecule is Cc1cc(C)cc(NC(=S)NCCc2ccc(S(N)(=O)=O)cc2)c1. The minimum atomic E-state index is -3.64. The number of rotatable bonds is 5. The van der Waals surface area contributed by atoms with Crippen molar-refractivity contribution in [2.24, 2.45) is 5.14 Å². The molecular formula is C17H21N3O2S2. The van der Waals surface area contributed by atoms with E-state index < -0.39 is 10.0 Å². The number of benzene rings is 2. The van der Waals surface area contributed by atoms with Crippen LogP contribution in [0.2, 0.25) is 0 Å². The van der Waals surface area contributed by atoms with Crippen molar-refractivity contribution in [2.45, 2.75) is 25.2 Å². The Bertz CT molecular complexity index is 811. The average molecular weight is 364 g/mol. The third kappa shape index (κ3) is 5.59. The largest absolute Gasteiger partial charge is 0.362 e. The lowest BCUT2D eigenvalue weighted by atomic mass is 10.1. The van der Waals surface area contributed by atoms with Gasteiger partial charge in [0.25, 0.3) is 0 Å². The molecule has 0 fully saturated rings. The van der Waals surface area contributed by atoms with Gasteiger partial charge < -0.3 is 10.6 Å². The fourth-order valence-corrected chi connectivity index (χ4v) is 3.12. The zero-order chi connectivity index (χ0) is 17.7. The Morgan fingerprint density at radius 3 is 2.21 bits per heavy atom. The molecule has 0 bridgehead atoms. The van der Waals surface area contributed by atoms with Crippen LogP contribution in [0.5, 0.6) is 0 Å². The summed E-state index contributed by atoms with van der Waals surface area (Å²) in [6.07, 6.45) is 0.722. The first-order chi connectivity index (χ1) is 11.2. The van der Waals surface area contributed by atoms with E-state index in [2.05, 4.69) is 16.7 Å². The van der Waals surface area contributed by atoms with E-state index in [1.54, 1.807) is 12.1 Å². The molecular weight excluding hydrogens is 342 g/mol. The second-order valence-electron chi connectivity index (χ2n) is 5.70. The van der Waals surface area contributed by atoms with Crippen LogP contribution in [-0.2, 0) is 16.4 Å². The van der Waals surface area contributed by atoms with Gasteiger partial charge in [0.05, 0.1) is 4.90 Å². The number of sulfonamides is 1. The Balaban J connectivity index is 1.84. The van der Waals surface area contributed by atoms with Crippen molar-refractivity contribution in [1.29, 1.82) is 0 Å². The second kappa shape index (κ2) is 7.74. The number of primary sulfonamides is 1. The predicted octanol–water partition coefficient (Wildman–Crippen LogP) is 2.48. The summed E-state index contributed by atoms with van der Waals surface area (Å²) in [7, 11) is -3.64. The van der Waals surface area contributed by atoms with E-state index in [1.807, 2.05) is 26.0 Å². The highest BCUT2D eigenvalue weighted by molar-refractivity contribution is 7.89. The Morgan fingerprint density at radius 2 is 1.67 bits per heavy atom. The molecule has 0 unspecified atom stereocenters. The van der Waals surface area contributed by atoms with E-state index in [4.69, 9.17) is 17.4 Å². The summed E-state index contributed by atoms with van der Waals surface area (Å²) >= 11 is 5.29. The van der Waals surface area contributed by atoms with Crippen molar-refractivity contribution < 1.29 is 8.42 Å². The fourth-order valence-electron chi connectivity index (χ4n) is 2.39. The van der Waals surface area contributed by atoms with Gasteiger partial charge in [0.1, 0.15) is 0 Å². The molecule has 128 valence electrons. The van der Waals surface area contributed by atoms with Crippen LogP contribution in [-0.4, -0.2) is 20.1 Å². The van der Waals surface area contributed by atoms with Gasteiger partial charge in [-0.15, -0.1) is 0 Å². The first-order valence-corrected chi connectivity index (χ1v) is 9.44. The maximum absolute atomic E-state index is 11.2. The van der Waals surface area contributed by atoms with Gasteiger partial charge in [-0.2, -0.15) is 0 Å². The van der Waals surface area contributed by atoms with Gasteiger partial charge >= 0.3 is 0 Å². The monoisotopic (exact) mass is 363 g/mol. The highest BCUT2D eigenvalue weighted by Gasteiger charge is 2.06. The van der Waals surface area contributed by atoms with E-state index in [0.717, 1.165) is 17.7 Å². The molecule has 24 heavy (non-hydrogen) atoms. The van der Waals surface area contributed by atoms with E-state index in [0.29, 0.717) is 11.7 Å². The Hall–Kier alpha value is -1.96. The topological polar surface area (TPSA) is 84.2 Å². The minimum absolute atomic E-state index is 0.117. The Morgan fingerprint density at radius 1 is 1.08 bits per heavy atom. The molecule has 2 aromatic carbocycles. The standard InChI is InChI=1S/C17H21N3O2S2/c1-12-9-13(2)11-15(10-12)20-17(23)19-8-7-14-3-5-16(6-4-14)24(18,21)22/h3-6,9-11H,7-8H2,1-2H3,(H2,18,21,22)(H2,19,20,23). The highest BCUT2D eigenvalue weighted by Crippen LogP contribution is 2.13. The molecule has 0 saturated heterocycles. The molecule has 0 aliphatic carbocycles. The lowest BCUT2D eigenvalue weighted by molar-refractivity contribution is 0.598. The predicted molar refractivity (Wildman–Crippen MR) is 102 cm³/mol. The van der Waals surface area contributed by atoms with Gasteiger partial charge in [-0.05, 0) is 73.4 Å². The minimum Gasteiger partial charge on any atom is -0.362 e. The summed E-state index contributed by atoms with van der Waals surface area (Å²) < 4.78 is 22.4. The summed E-state index contributed by atoms with van der Waals surface area (Å²) in [6.45, 7) is 4.73. The van der Waals surface area contributed by atoms with Crippen LogP contribution in [0.25, 0.3) is 0 Å². The van der Waals surface area contributed by atoms with E-state index in [-0.39, 0.29) is 4.90 Å². The van der Waals surface area contributed by atoms with Crippen molar-refractivity contribution in [3.05, 3.63) is 59.2 Å². The summed E-state index contributed by atoms with van der Waals surface area (Å²) in [5.74, 6) is 0. The lowest BCUT2D eigenvalue weighted by Gasteiger charge is -2.12. The number of anilines is 1. The third-order valence-corrected chi connectivity index (χ3v) is 4.61. The summed E-state index contributed by atoms with van der Waals surface area (Å²) in [6, 6.07) is 12.7. The lowest BCUT2D eigenvalue weighted by Crippen LogP contribution is -2.30. The molecule has 2 aromatic rings. The van der Waals surface area contributed by atoms with Gasteiger partial charge in [0, 0.05) is 12.2 Å². The van der Waals surface area contributed by atoms with Crippen molar-refractivity contribution in [1.82, 2.24) is 5.32 Å². The molecule has 5 nitrogen and oxygen atoms in total. The molecule has 0 amide bonds. The fraction of sp³-hybridized carbons (Fsp3) is 0.235. The molecule has 4 N–H and O–H groups in total. The van der Waals surface area contributed by atoms with Crippen LogP contribution in [0.4, 0.5) is 5.69 Å². The average Bonchev–Trinajstić information content (AvgIpc) is 2.45. The van der Waals surface area contributed by atoms with Crippen molar-refractivity contribution in [3.8, 4) is 0 Å². The van der Waals surface area contributed by atoms with Gasteiger partial charge in [-0.25, -0.2) is 13.6 Å². The number of thiocarbonyl (C=S) groups is 1. The van der Waals surface area contributed by atoms with Crippen LogP contribution in [0.15, 0.2) is 47.4 Å². The molecule has 0 aliphatic heterocycles. The summed E-state index contributed by atoms with van der Waals surface area (Å²) in [4.78, 5) is 0.117. The molecule has 0 heterocycles. The van der Waals surface area contributed by atoms with Crippen LogP contribution in [0.3, 0.4) is 0 Å². The molecule has 0 aromatic heterocycles. The zero-order valence-corrected chi connectivity index (χ0v) is 15.3. The van der Waals surface area contributed by atoms with Crippen molar-refractivity contribution in [3.63, 3.8) is 0 Å². The summed E-state index contributed by atoms with van der Waals surface area (Å²) in [5, 5.41) is 11.9. The maximum atomic E-state index is 11.2. The molecule has 2 rings (SSSR count). The van der Waals surface area contributed by atoms with Gasteiger partial charge in [0.15, 0.2) is 5.11 Å². The normalized spacial score (nSPS) is 11.1. The molecule has 0 spiro atoms. The van der Waals surface area contributed by atoms with Crippen molar-refractivity contribution >= 4 is 33.0 Å². The van der Waals surface area contributed by atoms with E-state index in [9.17, 15) is 8.42 Å².